The summed E-state index contributed by atoms with van der Waals surface area (Å²) in [6.07, 6.45) is 12.8. The Morgan fingerprint density at radius 3 is 2.31 bits per heavy atom. The lowest BCUT2D eigenvalue weighted by Gasteiger charge is -2.33. The van der Waals surface area contributed by atoms with Gasteiger partial charge in [0.1, 0.15) is 0 Å². The Kier molecular flexibility index (Phi) is 9.69. The Balaban J connectivity index is 1.33. The van der Waals surface area contributed by atoms with Crippen molar-refractivity contribution in [3.8, 4) is 11.3 Å². The lowest BCUT2D eigenvalue weighted by atomic mass is 9.87. The van der Waals surface area contributed by atoms with Crippen molar-refractivity contribution in [2.75, 3.05) is 4.90 Å². The zero-order chi connectivity index (χ0) is 36.4. The van der Waals surface area contributed by atoms with E-state index in [0.717, 1.165) is 68.8 Å². The van der Waals surface area contributed by atoms with Gasteiger partial charge in [0.2, 0.25) is 0 Å². The van der Waals surface area contributed by atoms with E-state index in [9.17, 15) is 0 Å². The Labute approximate surface area is 308 Å². The summed E-state index contributed by atoms with van der Waals surface area (Å²) in [6.45, 7) is 22.3. The highest BCUT2D eigenvalue weighted by molar-refractivity contribution is 6.00. The van der Waals surface area contributed by atoms with Crippen molar-refractivity contribution in [3.63, 3.8) is 0 Å². The van der Waals surface area contributed by atoms with Crippen molar-refractivity contribution in [2.45, 2.75) is 47.1 Å². The highest BCUT2D eigenvalue weighted by Crippen LogP contribution is 2.46. The average Bonchev–Trinajstić information content (AvgIpc) is 3.18. The fourth-order valence-electron chi connectivity index (χ4n) is 7.48. The van der Waals surface area contributed by atoms with Gasteiger partial charge in [0, 0.05) is 10.9 Å². The first-order valence-corrected chi connectivity index (χ1v) is 18.2. The van der Waals surface area contributed by atoms with Gasteiger partial charge >= 0.3 is 0 Å². The van der Waals surface area contributed by atoms with Gasteiger partial charge in [-0.1, -0.05) is 118 Å². The predicted molar refractivity (Wildman–Crippen MR) is 227 cm³/mol. The van der Waals surface area contributed by atoms with Gasteiger partial charge in [0.25, 0.3) is 0 Å². The van der Waals surface area contributed by atoms with Crippen LogP contribution in [0, 0.1) is 13.8 Å². The lowest BCUT2D eigenvalue weighted by Crippen LogP contribution is -2.22. The quantitative estimate of drug-likeness (QED) is 0.107. The molecule has 7 rings (SSSR count). The summed E-state index contributed by atoms with van der Waals surface area (Å²) in [7, 11) is 0. The third kappa shape index (κ3) is 6.24. The standard InChI is InChI=1S/C49H45N3/c1-8-11-19-40-33(5)34(6)44(42-21-14-13-20-41(40)42)29-35(9-2)32(4)27-36(10-3)37-25-26-43-48(30-37)52(47-24-17-16-23-46(47)50-7)31-39-28-38-18-12-15-22-45(38)51-49(39)43/h10-30H,3-4,7-9,31H2,1-2,5-6H3/b19-11-,35-29+,36-27+. The molecule has 6 aromatic rings. The van der Waals surface area contributed by atoms with Gasteiger partial charge in [-0.2, -0.15) is 0 Å². The van der Waals surface area contributed by atoms with Crippen LogP contribution in [-0.2, 0) is 6.54 Å². The molecule has 256 valence electrons. The van der Waals surface area contributed by atoms with Crippen LogP contribution in [0.1, 0.15) is 60.1 Å². The molecular formula is C49H45N3. The van der Waals surface area contributed by atoms with Crippen molar-refractivity contribution >= 4 is 63.2 Å². The van der Waals surface area contributed by atoms with E-state index >= 15 is 0 Å². The van der Waals surface area contributed by atoms with E-state index in [2.05, 4.69) is 161 Å². The highest BCUT2D eigenvalue weighted by Gasteiger charge is 2.27. The number of para-hydroxylation sites is 3. The normalized spacial score (nSPS) is 13.0. The smallest absolute Gasteiger partial charge is 0.0859 e. The molecule has 0 saturated heterocycles. The molecule has 0 radical (unpaired) electrons. The second-order valence-corrected chi connectivity index (χ2v) is 13.4. The van der Waals surface area contributed by atoms with Gasteiger partial charge in [0.15, 0.2) is 0 Å². The summed E-state index contributed by atoms with van der Waals surface area (Å²) in [4.78, 5) is 11.9. The molecule has 0 aliphatic carbocycles. The summed E-state index contributed by atoms with van der Waals surface area (Å²) in [5.74, 6) is 0. The maximum absolute atomic E-state index is 5.18. The van der Waals surface area contributed by atoms with Gasteiger partial charge < -0.3 is 4.90 Å². The monoisotopic (exact) mass is 675 g/mol. The Bertz CT molecular complexity index is 2490. The number of fused-ring (bicyclic) bond motifs is 5. The van der Waals surface area contributed by atoms with Crippen LogP contribution in [0.3, 0.4) is 0 Å². The predicted octanol–water partition coefficient (Wildman–Crippen LogP) is 13.7. The molecule has 0 saturated carbocycles. The van der Waals surface area contributed by atoms with Crippen LogP contribution in [-0.4, -0.2) is 11.7 Å². The molecule has 0 bridgehead atoms. The number of hydrogen-bond acceptors (Lipinski definition) is 3. The number of rotatable bonds is 10. The van der Waals surface area contributed by atoms with Crippen molar-refractivity contribution < 1.29 is 0 Å². The number of aromatic nitrogens is 1. The van der Waals surface area contributed by atoms with Gasteiger partial charge in [-0.3, -0.25) is 4.99 Å². The average molecular weight is 676 g/mol. The molecular weight excluding hydrogens is 631 g/mol. The second kappa shape index (κ2) is 14.7. The van der Waals surface area contributed by atoms with E-state index < -0.39 is 0 Å². The number of anilines is 2. The van der Waals surface area contributed by atoms with Crippen molar-refractivity contribution in [1.82, 2.24) is 4.98 Å². The molecule has 5 aromatic carbocycles. The number of aliphatic imine (C=N–C) groups is 1. The van der Waals surface area contributed by atoms with Crippen molar-refractivity contribution in [3.05, 3.63) is 173 Å². The molecule has 0 spiro atoms. The number of hydrogen-bond donors (Lipinski definition) is 0. The van der Waals surface area contributed by atoms with E-state index in [-0.39, 0.29) is 0 Å². The minimum Gasteiger partial charge on any atom is -0.335 e. The van der Waals surface area contributed by atoms with Crippen LogP contribution in [0.5, 0.6) is 0 Å². The molecule has 0 N–H and O–H groups in total. The number of pyridine rings is 1. The summed E-state index contributed by atoms with van der Waals surface area (Å²) in [5.41, 5.74) is 16.6. The summed E-state index contributed by atoms with van der Waals surface area (Å²) in [5, 5.41) is 3.67. The minimum atomic E-state index is 0.665. The van der Waals surface area contributed by atoms with E-state index in [1.807, 2.05) is 24.3 Å². The summed E-state index contributed by atoms with van der Waals surface area (Å²) < 4.78 is 0. The Morgan fingerprint density at radius 2 is 1.56 bits per heavy atom. The first-order chi connectivity index (χ1) is 25.4. The Hall–Kier alpha value is -6.06. The van der Waals surface area contributed by atoms with Crippen molar-refractivity contribution in [1.29, 1.82) is 0 Å². The first-order valence-electron chi connectivity index (χ1n) is 18.2. The second-order valence-electron chi connectivity index (χ2n) is 13.4. The van der Waals surface area contributed by atoms with Gasteiger partial charge in [-0.15, -0.1) is 0 Å². The molecule has 52 heavy (non-hydrogen) atoms. The molecule has 3 nitrogen and oxygen atoms in total. The summed E-state index contributed by atoms with van der Waals surface area (Å²) in [6, 6.07) is 34.2. The fourth-order valence-corrected chi connectivity index (χ4v) is 7.48. The van der Waals surface area contributed by atoms with Crippen LogP contribution in [0.15, 0.2) is 145 Å². The van der Waals surface area contributed by atoms with Gasteiger partial charge in [-0.05, 0) is 131 Å². The maximum atomic E-state index is 5.18. The van der Waals surface area contributed by atoms with Gasteiger partial charge in [-0.25, -0.2) is 4.98 Å². The van der Waals surface area contributed by atoms with Crippen LogP contribution in [0.2, 0.25) is 0 Å². The number of allylic oxidation sites excluding steroid dienone is 6. The molecule has 0 atom stereocenters. The zero-order valence-corrected chi connectivity index (χ0v) is 30.7. The molecule has 0 amide bonds. The SMILES string of the molecule is C=C/C(=C\C(=C)/C(=C/c1c(C)c(C)c(/C=C\CC)c2ccccc12)CC)c1ccc2c(c1)N(c1ccccc1N=C)Cc1cc3ccccc3nc1-2. The molecule has 1 aromatic heterocycles. The molecule has 0 unspecified atom stereocenters. The van der Waals surface area contributed by atoms with Crippen LogP contribution in [0.4, 0.5) is 17.1 Å². The maximum Gasteiger partial charge on any atom is 0.0859 e. The lowest BCUT2D eigenvalue weighted by molar-refractivity contribution is 0.952. The number of benzene rings is 5. The molecule has 2 heterocycles. The molecule has 0 fully saturated rings. The largest absolute Gasteiger partial charge is 0.335 e. The van der Waals surface area contributed by atoms with E-state index in [1.165, 1.54) is 44.2 Å². The van der Waals surface area contributed by atoms with E-state index in [0.29, 0.717) is 6.54 Å². The number of nitrogens with zero attached hydrogens (tertiary/aromatic N) is 3. The zero-order valence-electron chi connectivity index (χ0n) is 30.7. The highest BCUT2D eigenvalue weighted by atomic mass is 15.2. The topological polar surface area (TPSA) is 28.5 Å². The third-order valence-corrected chi connectivity index (χ3v) is 10.4. The van der Waals surface area contributed by atoms with E-state index in [4.69, 9.17) is 4.98 Å². The van der Waals surface area contributed by atoms with Gasteiger partial charge in [0.05, 0.1) is 34.8 Å². The van der Waals surface area contributed by atoms with Crippen LogP contribution in [0.25, 0.3) is 50.7 Å². The van der Waals surface area contributed by atoms with E-state index in [1.54, 1.807) is 0 Å². The van der Waals surface area contributed by atoms with Crippen LogP contribution < -0.4 is 4.90 Å². The summed E-state index contributed by atoms with van der Waals surface area (Å²) >= 11 is 0. The Morgan fingerprint density at radius 1 is 0.846 bits per heavy atom. The molecule has 1 aliphatic rings. The third-order valence-electron chi connectivity index (χ3n) is 10.4. The van der Waals surface area contributed by atoms with Crippen LogP contribution >= 0.6 is 0 Å². The minimum absolute atomic E-state index is 0.665. The van der Waals surface area contributed by atoms with Crippen molar-refractivity contribution in [2.24, 2.45) is 4.99 Å². The first kappa shape index (κ1) is 34.4. The fraction of sp³-hybridized carbons (Fsp3) is 0.143. The molecule has 1 aliphatic heterocycles. The molecule has 3 heteroatoms.